The van der Waals surface area contributed by atoms with E-state index in [4.69, 9.17) is 0 Å². The van der Waals surface area contributed by atoms with Crippen molar-refractivity contribution in [2.75, 3.05) is 13.6 Å². The van der Waals surface area contributed by atoms with Crippen molar-refractivity contribution in [2.24, 2.45) is 0 Å². The number of nitriles is 1. The molecule has 0 saturated heterocycles. The van der Waals surface area contributed by atoms with Gasteiger partial charge in [0.25, 0.3) is 0 Å². The number of nitrogens with one attached hydrogen (secondary N) is 1. The lowest BCUT2D eigenvalue weighted by molar-refractivity contribution is 0.934. The molecule has 1 aliphatic carbocycles. The van der Waals surface area contributed by atoms with Crippen molar-refractivity contribution in [3.63, 3.8) is 0 Å². The van der Waals surface area contributed by atoms with Crippen molar-refractivity contribution in [3.8, 4) is 17.9 Å². The van der Waals surface area contributed by atoms with Crippen molar-refractivity contribution in [1.82, 2.24) is 5.32 Å². The van der Waals surface area contributed by atoms with Crippen molar-refractivity contribution in [1.29, 1.82) is 5.26 Å². The SMILES string of the molecule is CNCC#CC1c2ccccc2C=Cc2ccc(C#N)cc21. The molecular weight excluding hydrogens is 268 g/mol. The van der Waals surface area contributed by atoms with Crippen molar-refractivity contribution >= 4 is 12.2 Å². The molecule has 2 nitrogen and oxygen atoms in total. The van der Waals surface area contributed by atoms with Crippen molar-refractivity contribution in [3.05, 3.63) is 70.3 Å². The van der Waals surface area contributed by atoms with Gasteiger partial charge in [-0.05, 0) is 41.4 Å². The smallest absolute Gasteiger partial charge is 0.0991 e. The molecule has 2 heteroatoms. The van der Waals surface area contributed by atoms with E-state index in [2.05, 4.69) is 47.5 Å². The lowest BCUT2D eigenvalue weighted by Gasteiger charge is -2.15. The highest BCUT2D eigenvalue weighted by Crippen LogP contribution is 2.34. The Kier molecular flexibility index (Phi) is 4.05. The van der Waals surface area contributed by atoms with Crippen molar-refractivity contribution in [2.45, 2.75) is 5.92 Å². The van der Waals surface area contributed by atoms with Gasteiger partial charge in [0.1, 0.15) is 0 Å². The summed E-state index contributed by atoms with van der Waals surface area (Å²) in [6.07, 6.45) is 4.23. The molecule has 0 bridgehead atoms. The van der Waals surface area contributed by atoms with Gasteiger partial charge in [-0.25, -0.2) is 0 Å². The van der Waals surface area contributed by atoms with E-state index in [0.717, 1.165) is 11.1 Å². The molecule has 0 fully saturated rings. The first-order valence-electron chi connectivity index (χ1n) is 7.27. The van der Waals surface area contributed by atoms with E-state index in [1.54, 1.807) is 0 Å². The van der Waals surface area contributed by atoms with E-state index in [1.807, 2.05) is 37.4 Å². The van der Waals surface area contributed by atoms with Gasteiger partial charge in [-0.1, -0.05) is 54.3 Å². The molecule has 1 aliphatic rings. The largest absolute Gasteiger partial charge is 0.309 e. The Morgan fingerprint density at radius 3 is 2.59 bits per heavy atom. The fourth-order valence-corrected chi connectivity index (χ4v) is 2.72. The third-order valence-electron chi connectivity index (χ3n) is 3.79. The topological polar surface area (TPSA) is 35.8 Å². The summed E-state index contributed by atoms with van der Waals surface area (Å²) in [4.78, 5) is 0. The second kappa shape index (κ2) is 6.31. The van der Waals surface area contributed by atoms with Gasteiger partial charge in [0.05, 0.1) is 24.1 Å². The van der Waals surface area contributed by atoms with Crippen LogP contribution in [0.4, 0.5) is 0 Å². The molecule has 0 spiro atoms. The fourth-order valence-electron chi connectivity index (χ4n) is 2.72. The minimum atomic E-state index is -0.0112. The van der Waals surface area contributed by atoms with Crippen LogP contribution in [-0.4, -0.2) is 13.6 Å². The molecule has 3 rings (SSSR count). The first kappa shape index (κ1) is 14.1. The molecule has 2 aromatic carbocycles. The summed E-state index contributed by atoms with van der Waals surface area (Å²) in [5, 5.41) is 12.2. The molecular formula is C20H16N2. The predicted molar refractivity (Wildman–Crippen MR) is 90.1 cm³/mol. The van der Waals surface area contributed by atoms with E-state index < -0.39 is 0 Å². The second-order valence-electron chi connectivity index (χ2n) is 5.20. The number of rotatable bonds is 1. The van der Waals surface area contributed by atoms with Crippen LogP contribution in [0.5, 0.6) is 0 Å². The summed E-state index contributed by atoms with van der Waals surface area (Å²) >= 11 is 0. The van der Waals surface area contributed by atoms with Crippen LogP contribution in [0, 0.1) is 23.2 Å². The predicted octanol–water partition coefficient (Wildman–Crippen LogP) is 3.40. The Bertz CT molecular complexity index is 829. The zero-order chi connectivity index (χ0) is 15.4. The molecule has 0 saturated carbocycles. The molecule has 0 heterocycles. The lowest BCUT2D eigenvalue weighted by Crippen LogP contribution is -2.06. The van der Waals surface area contributed by atoms with Gasteiger partial charge in [0.15, 0.2) is 0 Å². The number of hydrogen-bond donors (Lipinski definition) is 1. The highest BCUT2D eigenvalue weighted by Gasteiger charge is 2.19. The van der Waals surface area contributed by atoms with Gasteiger partial charge in [-0.15, -0.1) is 0 Å². The highest BCUT2D eigenvalue weighted by atomic mass is 14.8. The van der Waals surface area contributed by atoms with Gasteiger partial charge in [0, 0.05) is 0 Å². The second-order valence-corrected chi connectivity index (χ2v) is 5.20. The average molecular weight is 284 g/mol. The quantitative estimate of drug-likeness (QED) is 0.815. The third-order valence-corrected chi connectivity index (χ3v) is 3.79. The maximum atomic E-state index is 9.19. The fraction of sp³-hybridized carbons (Fsp3) is 0.150. The number of nitrogens with zero attached hydrogens (tertiary/aromatic N) is 1. The molecule has 1 N–H and O–H groups in total. The van der Waals surface area contributed by atoms with Gasteiger partial charge in [0.2, 0.25) is 0 Å². The Morgan fingerprint density at radius 1 is 1.05 bits per heavy atom. The van der Waals surface area contributed by atoms with E-state index in [9.17, 15) is 5.26 Å². The van der Waals surface area contributed by atoms with Gasteiger partial charge in [-0.2, -0.15) is 5.26 Å². The van der Waals surface area contributed by atoms with Crippen LogP contribution in [0.1, 0.15) is 33.7 Å². The van der Waals surface area contributed by atoms with E-state index in [-0.39, 0.29) is 5.92 Å². The maximum absolute atomic E-state index is 9.19. The standard InChI is InChI=1S/C20H16N2/c1-22-12-4-7-19-18-6-3-2-5-16(18)10-11-17-9-8-15(14-21)13-20(17)19/h2-3,5-6,8-11,13,19,22H,12H2,1H3. The van der Waals surface area contributed by atoms with Crippen LogP contribution < -0.4 is 5.32 Å². The maximum Gasteiger partial charge on any atom is 0.0991 e. The molecule has 0 radical (unpaired) electrons. The summed E-state index contributed by atoms with van der Waals surface area (Å²) in [6.45, 7) is 0.652. The lowest BCUT2D eigenvalue weighted by atomic mass is 9.87. The highest BCUT2D eigenvalue weighted by molar-refractivity contribution is 5.77. The summed E-state index contributed by atoms with van der Waals surface area (Å²) in [6, 6.07) is 16.3. The molecule has 106 valence electrons. The molecule has 0 aliphatic heterocycles. The van der Waals surface area contributed by atoms with Crippen LogP contribution in [0.25, 0.3) is 12.2 Å². The molecule has 22 heavy (non-hydrogen) atoms. The van der Waals surface area contributed by atoms with Crippen LogP contribution in [0.2, 0.25) is 0 Å². The summed E-state index contributed by atoms with van der Waals surface area (Å²) in [5.41, 5.74) is 5.27. The Hall–Kier alpha value is -2.81. The van der Waals surface area contributed by atoms with Crippen LogP contribution in [0.15, 0.2) is 42.5 Å². The normalized spacial score (nSPS) is 14.8. The molecule has 0 amide bonds. The van der Waals surface area contributed by atoms with Gasteiger partial charge in [-0.3, -0.25) is 0 Å². The van der Waals surface area contributed by atoms with E-state index >= 15 is 0 Å². The van der Waals surface area contributed by atoms with E-state index in [0.29, 0.717) is 12.1 Å². The monoisotopic (exact) mass is 284 g/mol. The molecule has 1 atom stereocenters. The van der Waals surface area contributed by atoms with Crippen LogP contribution in [0.3, 0.4) is 0 Å². The zero-order valence-corrected chi connectivity index (χ0v) is 12.4. The summed E-state index contributed by atoms with van der Waals surface area (Å²) in [7, 11) is 1.89. The Balaban J connectivity index is 2.20. The summed E-state index contributed by atoms with van der Waals surface area (Å²) in [5.74, 6) is 6.53. The Morgan fingerprint density at radius 2 is 1.82 bits per heavy atom. The van der Waals surface area contributed by atoms with E-state index in [1.165, 1.54) is 11.1 Å². The van der Waals surface area contributed by atoms with Crippen LogP contribution >= 0.6 is 0 Å². The van der Waals surface area contributed by atoms with Crippen molar-refractivity contribution < 1.29 is 0 Å². The molecule has 1 unspecified atom stereocenters. The third kappa shape index (κ3) is 2.66. The van der Waals surface area contributed by atoms with Gasteiger partial charge < -0.3 is 5.32 Å². The minimum Gasteiger partial charge on any atom is -0.309 e. The zero-order valence-electron chi connectivity index (χ0n) is 12.4. The molecule has 2 aromatic rings. The van der Waals surface area contributed by atoms with Crippen LogP contribution in [-0.2, 0) is 0 Å². The molecule has 0 aromatic heterocycles. The number of fused-ring (bicyclic) bond motifs is 2. The number of hydrogen-bond acceptors (Lipinski definition) is 2. The van der Waals surface area contributed by atoms with Gasteiger partial charge >= 0.3 is 0 Å². The summed E-state index contributed by atoms with van der Waals surface area (Å²) < 4.78 is 0. The first-order chi connectivity index (χ1) is 10.8. The first-order valence-corrected chi connectivity index (χ1v) is 7.27. The Labute approximate surface area is 131 Å². The minimum absolute atomic E-state index is 0.0112. The number of benzene rings is 2. The average Bonchev–Trinajstić information content (AvgIpc) is 2.72.